The SMILES string of the molecule is COC1CC(COc2cnc(NC(C)=O)cc2N)C1.Cl. The molecule has 2 rings (SSSR count). The molecule has 7 heteroatoms. The number of ether oxygens (including phenoxy) is 2. The van der Waals surface area contributed by atoms with Gasteiger partial charge in [0, 0.05) is 20.1 Å². The molecule has 0 radical (unpaired) electrons. The zero-order chi connectivity index (χ0) is 13.8. The fraction of sp³-hybridized carbons (Fsp3) is 0.538. The number of nitrogen functional groups attached to an aromatic ring is 1. The number of nitrogens with two attached hydrogens (primary N) is 1. The molecule has 1 heterocycles. The highest BCUT2D eigenvalue weighted by Gasteiger charge is 2.29. The van der Waals surface area contributed by atoms with Crippen LogP contribution in [0.4, 0.5) is 11.5 Å². The summed E-state index contributed by atoms with van der Waals surface area (Å²) in [7, 11) is 1.73. The summed E-state index contributed by atoms with van der Waals surface area (Å²) >= 11 is 0. The molecule has 3 N–H and O–H groups in total. The third-order valence-electron chi connectivity index (χ3n) is 3.20. The maximum Gasteiger partial charge on any atom is 0.222 e. The van der Waals surface area contributed by atoms with Crippen molar-refractivity contribution < 1.29 is 14.3 Å². The number of nitrogens with one attached hydrogen (secondary N) is 1. The number of hydrogen-bond acceptors (Lipinski definition) is 5. The highest BCUT2D eigenvalue weighted by Crippen LogP contribution is 2.31. The lowest BCUT2D eigenvalue weighted by Gasteiger charge is -2.33. The zero-order valence-electron chi connectivity index (χ0n) is 11.6. The van der Waals surface area contributed by atoms with Crippen LogP contribution in [0.2, 0.25) is 0 Å². The smallest absolute Gasteiger partial charge is 0.222 e. The molecular formula is C13H20ClN3O3. The molecule has 20 heavy (non-hydrogen) atoms. The van der Waals surface area contributed by atoms with Crippen molar-refractivity contribution in [2.24, 2.45) is 5.92 Å². The van der Waals surface area contributed by atoms with Crippen molar-refractivity contribution in [1.82, 2.24) is 4.98 Å². The van der Waals surface area contributed by atoms with E-state index in [1.54, 1.807) is 13.2 Å². The molecule has 0 unspecified atom stereocenters. The number of aromatic nitrogens is 1. The van der Waals surface area contributed by atoms with Crippen molar-refractivity contribution in [2.75, 3.05) is 24.8 Å². The van der Waals surface area contributed by atoms with Crippen LogP contribution in [0.1, 0.15) is 19.8 Å². The first-order valence-corrected chi connectivity index (χ1v) is 6.27. The number of carbonyl (C=O) groups excluding carboxylic acids is 1. The first kappa shape index (κ1) is 16.5. The maximum atomic E-state index is 10.9. The minimum Gasteiger partial charge on any atom is -0.490 e. The molecule has 1 aliphatic carbocycles. The Balaban J connectivity index is 0.00000200. The monoisotopic (exact) mass is 301 g/mol. The highest BCUT2D eigenvalue weighted by molar-refractivity contribution is 5.88. The Labute approximate surface area is 124 Å². The van der Waals surface area contributed by atoms with E-state index in [-0.39, 0.29) is 18.3 Å². The van der Waals surface area contributed by atoms with Gasteiger partial charge in [0.2, 0.25) is 5.91 Å². The molecule has 1 aliphatic rings. The number of anilines is 2. The van der Waals surface area contributed by atoms with Gasteiger partial charge in [0.15, 0.2) is 5.75 Å². The van der Waals surface area contributed by atoms with Crippen LogP contribution in [-0.4, -0.2) is 30.7 Å². The molecule has 0 aliphatic heterocycles. The standard InChI is InChI=1S/C13H19N3O3.ClH/c1-8(17)16-13-5-11(14)12(6-15-13)19-7-9-3-10(4-9)18-2;/h5-6,9-10H,3-4,7H2,1-2H3,(H3,14,15,16,17);1H. The van der Waals surface area contributed by atoms with Gasteiger partial charge in [-0.3, -0.25) is 4.79 Å². The predicted octanol–water partition coefficient (Wildman–Crippen LogP) is 1.85. The topological polar surface area (TPSA) is 86.5 Å². The van der Waals surface area contributed by atoms with Gasteiger partial charge in [0.1, 0.15) is 5.82 Å². The molecule has 112 valence electrons. The van der Waals surface area contributed by atoms with Gasteiger partial charge in [-0.1, -0.05) is 0 Å². The van der Waals surface area contributed by atoms with Crippen molar-refractivity contribution in [2.45, 2.75) is 25.9 Å². The fourth-order valence-corrected chi connectivity index (χ4v) is 2.04. The Bertz CT molecular complexity index is 464. The minimum atomic E-state index is -0.180. The molecular weight excluding hydrogens is 282 g/mol. The fourth-order valence-electron chi connectivity index (χ4n) is 2.04. The first-order chi connectivity index (χ1) is 9.08. The second-order valence-electron chi connectivity index (χ2n) is 4.79. The molecule has 6 nitrogen and oxygen atoms in total. The quantitative estimate of drug-likeness (QED) is 0.866. The summed E-state index contributed by atoms with van der Waals surface area (Å²) in [4.78, 5) is 15.0. The summed E-state index contributed by atoms with van der Waals surface area (Å²) in [5, 5.41) is 2.57. The maximum absolute atomic E-state index is 10.9. The molecule has 1 fully saturated rings. The van der Waals surface area contributed by atoms with E-state index in [9.17, 15) is 4.79 Å². The number of methoxy groups -OCH3 is 1. The van der Waals surface area contributed by atoms with E-state index >= 15 is 0 Å². The van der Waals surface area contributed by atoms with Gasteiger partial charge >= 0.3 is 0 Å². The van der Waals surface area contributed by atoms with Crippen LogP contribution >= 0.6 is 12.4 Å². The van der Waals surface area contributed by atoms with Gasteiger partial charge < -0.3 is 20.5 Å². The van der Waals surface area contributed by atoms with Crippen LogP contribution in [0.15, 0.2) is 12.3 Å². The Morgan fingerprint density at radius 1 is 1.55 bits per heavy atom. The molecule has 0 spiro atoms. The number of nitrogens with zero attached hydrogens (tertiary/aromatic N) is 1. The summed E-state index contributed by atoms with van der Waals surface area (Å²) in [5.74, 6) is 1.32. The molecule has 1 amide bonds. The minimum absolute atomic E-state index is 0. The van der Waals surface area contributed by atoms with Gasteiger partial charge in [-0.25, -0.2) is 4.98 Å². The van der Waals surface area contributed by atoms with Gasteiger partial charge in [0.25, 0.3) is 0 Å². The summed E-state index contributed by atoms with van der Waals surface area (Å²) in [6, 6.07) is 1.59. The third-order valence-corrected chi connectivity index (χ3v) is 3.20. The van der Waals surface area contributed by atoms with E-state index in [2.05, 4.69) is 10.3 Å². The number of pyridine rings is 1. The Morgan fingerprint density at radius 3 is 2.80 bits per heavy atom. The van der Waals surface area contributed by atoms with Crippen LogP contribution in [-0.2, 0) is 9.53 Å². The molecule has 1 saturated carbocycles. The van der Waals surface area contributed by atoms with E-state index in [1.165, 1.54) is 13.1 Å². The normalized spacial score (nSPS) is 20.5. The average molecular weight is 302 g/mol. The highest BCUT2D eigenvalue weighted by atomic mass is 35.5. The largest absolute Gasteiger partial charge is 0.490 e. The van der Waals surface area contributed by atoms with E-state index in [1.807, 2.05) is 0 Å². The summed E-state index contributed by atoms with van der Waals surface area (Å²) in [6.45, 7) is 2.04. The van der Waals surface area contributed by atoms with Gasteiger partial charge in [0.05, 0.1) is 24.6 Å². The second-order valence-corrected chi connectivity index (χ2v) is 4.79. The van der Waals surface area contributed by atoms with Crippen molar-refractivity contribution >= 4 is 29.8 Å². The molecule has 0 bridgehead atoms. The Hall–Kier alpha value is -1.53. The van der Waals surface area contributed by atoms with Crippen molar-refractivity contribution in [3.63, 3.8) is 0 Å². The first-order valence-electron chi connectivity index (χ1n) is 6.27. The van der Waals surface area contributed by atoms with Gasteiger partial charge in [-0.2, -0.15) is 0 Å². The molecule has 1 aromatic rings. The van der Waals surface area contributed by atoms with Crippen LogP contribution in [0, 0.1) is 5.92 Å². The average Bonchev–Trinajstić information content (AvgIpc) is 2.29. The Morgan fingerprint density at radius 2 is 2.25 bits per heavy atom. The van der Waals surface area contributed by atoms with Crippen LogP contribution in [0.3, 0.4) is 0 Å². The summed E-state index contributed by atoms with van der Waals surface area (Å²) < 4.78 is 10.8. The lowest BCUT2D eigenvalue weighted by Crippen LogP contribution is -2.34. The Kier molecular flexibility index (Phi) is 6.04. The van der Waals surface area contributed by atoms with E-state index < -0.39 is 0 Å². The van der Waals surface area contributed by atoms with Gasteiger partial charge in [-0.05, 0) is 18.8 Å². The van der Waals surface area contributed by atoms with E-state index in [4.69, 9.17) is 15.2 Å². The lowest BCUT2D eigenvalue weighted by molar-refractivity contribution is -0.114. The number of rotatable bonds is 5. The van der Waals surface area contributed by atoms with Crippen LogP contribution in [0.25, 0.3) is 0 Å². The number of carbonyl (C=O) groups is 1. The summed E-state index contributed by atoms with van der Waals surface area (Å²) in [5.41, 5.74) is 6.33. The summed E-state index contributed by atoms with van der Waals surface area (Å²) in [6.07, 6.45) is 3.94. The van der Waals surface area contributed by atoms with Crippen molar-refractivity contribution in [3.05, 3.63) is 12.3 Å². The van der Waals surface area contributed by atoms with Crippen LogP contribution in [0.5, 0.6) is 5.75 Å². The lowest BCUT2D eigenvalue weighted by atomic mass is 9.83. The molecule has 0 aromatic carbocycles. The van der Waals surface area contributed by atoms with E-state index in [0.717, 1.165) is 12.8 Å². The van der Waals surface area contributed by atoms with Crippen molar-refractivity contribution in [1.29, 1.82) is 0 Å². The molecule has 0 atom stereocenters. The zero-order valence-corrected chi connectivity index (χ0v) is 12.4. The van der Waals surface area contributed by atoms with Crippen LogP contribution < -0.4 is 15.8 Å². The van der Waals surface area contributed by atoms with Crippen molar-refractivity contribution in [3.8, 4) is 5.75 Å². The molecule has 1 aromatic heterocycles. The number of hydrogen-bond donors (Lipinski definition) is 2. The second kappa shape index (κ2) is 7.31. The predicted molar refractivity (Wildman–Crippen MR) is 79.2 cm³/mol. The number of halogens is 1. The number of amides is 1. The van der Waals surface area contributed by atoms with E-state index in [0.29, 0.717) is 35.9 Å². The molecule has 0 saturated heterocycles. The van der Waals surface area contributed by atoms with Gasteiger partial charge in [-0.15, -0.1) is 12.4 Å². The third kappa shape index (κ3) is 4.25.